The van der Waals surface area contributed by atoms with Crippen molar-refractivity contribution in [2.75, 3.05) is 0 Å². The van der Waals surface area contributed by atoms with Crippen LogP contribution in [-0.4, -0.2) is 5.54 Å². The minimum Gasteiger partial charge on any atom is -0.308 e. The smallest absolute Gasteiger partial charge is 0.0210 e. The molecule has 0 spiro atoms. The number of hydrogen-bond acceptors (Lipinski definition) is 1. The molecule has 0 aliphatic carbocycles. The van der Waals surface area contributed by atoms with Crippen molar-refractivity contribution < 1.29 is 0 Å². The second kappa shape index (κ2) is 4.63. The van der Waals surface area contributed by atoms with E-state index in [2.05, 4.69) is 56.9 Å². The number of hydrogen-bond donors (Lipinski definition) is 1. The zero-order chi connectivity index (χ0) is 11.5. The summed E-state index contributed by atoms with van der Waals surface area (Å²) in [5, 5.41) is 3.46. The molecule has 1 N–H and O–H groups in total. The molecule has 0 unspecified atom stereocenters. The van der Waals surface area contributed by atoms with Gasteiger partial charge >= 0.3 is 0 Å². The van der Waals surface area contributed by atoms with Crippen molar-refractivity contribution in [3.05, 3.63) is 42.0 Å². The van der Waals surface area contributed by atoms with Crippen LogP contribution in [0.15, 0.2) is 30.8 Å². The highest BCUT2D eigenvalue weighted by Crippen LogP contribution is 2.12. The van der Waals surface area contributed by atoms with Gasteiger partial charge in [0, 0.05) is 12.1 Å². The topological polar surface area (TPSA) is 12.0 Å². The lowest BCUT2D eigenvalue weighted by Gasteiger charge is -2.20. The van der Waals surface area contributed by atoms with E-state index in [0.717, 1.165) is 12.1 Å². The van der Waals surface area contributed by atoms with Crippen LogP contribution < -0.4 is 5.32 Å². The molecule has 1 aromatic rings. The van der Waals surface area contributed by atoms with Crippen molar-refractivity contribution in [2.45, 2.75) is 39.8 Å². The molecule has 82 valence electrons. The third-order valence-corrected chi connectivity index (χ3v) is 2.27. The Labute approximate surface area is 93.2 Å². The molecule has 0 atom stereocenters. The van der Waals surface area contributed by atoms with E-state index in [1.807, 2.05) is 6.92 Å². The fraction of sp³-hybridized carbons (Fsp3) is 0.429. The Morgan fingerprint density at radius 1 is 1.20 bits per heavy atom. The maximum Gasteiger partial charge on any atom is 0.0210 e. The summed E-state index contributed by atoms with van der Waals surface area (Å²) in [5.74, 6) is 0. The van der Waals surface area contributed by atoms with Crippen LogP contribution in [0.25, 0.3) is 5.57 Å². The predicted octanol–water partition coefficient (Wildman–Crippen LogP) is 3.61. The predicted molar refractivity (Wildman–Crippen MR) is 67.7 cm³/mol. The molecule has 1 nitrogen and oxygen atoms in total. The Bertz CT molecular complexity index is 327. The third-order valence-electron chi connectivity index (χ3n) is 2.27. The number of benzene rings is 1. The molecule has 0 aliphatic rings. The highest BCUT2D eigenvalue weighted by molar-refractivity contribution is 5.61. The molecule has 0 saturated heterocycles. The lowest BCUT2D eigenvalue weighted by atomic mass is 10.1. The van der Waals surface area contributed by atoms with E-state index in [0.29, 0.717) is 0 Å². The SMILES string of the molecule is C=C(C)c1ccc(CNC(C)(C)C)cc1. The largest absolute Gasteiger partial charge is 0.308 e. The van der Waals surface area contributed by atoms with E-state index >= 15 is 0 Å². The molecule has 15 heavy (non-hydrogen) atoms. The van der Waals surface area contributed by atoms with Crippen molar-refractivity contribution >= 4 is 5.57 Å². The Kier molecular flexibility index (Phi) is 3.70. The van der Waals surface area contributed by atoms with Gasteiger partial charge < -0.3 is 5.32 Å². The van der Waals surface area contributed by atoms with Crippen LogP contribution in [0.1, 0.15) is 38.8 Å². The summed E-state index contributed by atoms with van der Waals surface area (Å²) in [4.78, 5) is 0. The van der Waals surface area contributed by atoms with Gasteiger partial charge in [-0.1, -0.05) is 36.4 Å². The Balaban J connectivity index is 2.61. The van der Waals surface area contributed by atoms with Crippen LogP contribution >= 0.6 is 0 Å². The second-order valence-electron chi connectivity index (χ2n) is 5.08. The van der Waals surface area contributed by atoms with Gasteiger partial charge in [0.15, 0.2) is 0 Å². The maximum atomic E-state index is 3.92. The van der Waals surface area contributed by atoms with Crippen molar-refractivity contribution in [3.8, 4) is 0 Å². The molecule has 0 aliphatic heterocycles. The van der Waals surface area contributed by atoms with Gasteiger partial charge in [-0.25, -0.2) is 0 Å². The monoisotopic (exact) mass is 203 g/mol. The molecule has 0 fully saturated rings. The molecular formula is C14H21N. The minimum atomic E-state index is 0.174. The normalized spacial score (nSPS) is 11.5. The number of nitrogens with one attached hydrogen (secondary N) is 1. The minimum absolute atomic E-state index is 0.174. The van der Waals surface area contributed by atoms with E-state index in [1.165, 1.54) is 11.1 Å². The van der Waals surface area contributed by atoms with Gasteiger partial charge in [-0.3, -0.25) is 0 Å². The highest BCUT2D eigenvalue weighted by Gasteiger charge is 2.07. The van der Waals surface area contributed by atoms with E-state index in [1.54, 1.807) is 0 Å². The van der Waals surface area contributed by atoms with Gasteiger partial charge in [-0.05, 0) is 38.8 Å². The highest BCUT2D eigenvalue weighted by atomic mass is 14.9. The van der Waals surface area contributed by atoms with E-state index in [9.17, 15) is 0 Å². The van der Waals surface area contributed by atoms with Crippen molar-refractivity contribution in [1.82, 2.24) is 5.32 Å². The first-order valence-corrected chi connectivity index (χ1v) is 5.38. The van der Waals surface area contributed by atoms with Crippen LogP contribution in [-0.2, 0) is 6.54 Å². The third kappa shape index (κ3) is 4.30. The van der Waals surface area contributed by atoms with Gasteiger partial charge in [0.2, 0.25) is 0 Å². The van der Waals surface area contributed by atoms with Crippen LogP contribution in [0.3, 0.4) is 0 Å². The first kappa shape index (κ1) is 12.0. The first-order chi connectivity index (χ1) is 6.88. The summed E-state index contributed by atoms with van der Waals surface area (Å²) >= 11 is 0. The molecular weight excluding hydrogens is 182 g/mol. The molecule has 0 saturated carbocycles. The lowest BCUT2D eigenvalue weighted by Crippen LogP contribution is -2.35. The van der Waals surface area contributed by atoms with Gasteiger partial charge in [-0.2, -0.15) is 0 Å². The van der Waals surface area contributed by atoms with Crippen molar-refractivity contribution in [2.24, 2.45) is 0 Å². The standard InChI is InChI=1S/C14H21N/c1-11(2)13-8-6-12(7-9-13)10-15-14(3,4)5/h6-9,15H,1,10H2,2-5H3. The second-order valence-corrected chi connectivity index (χ2v) is 5.08. The van der Waals surface area contributed by atoms with Gasteiger partial charge in [0.25, 0.3) is 0 Å². The zero-order valence-corrected chi connectivity index (χ0v) is 10.2. The number of allylic oxidation sites excluding steroid dienone is 1. The molecule has 0 heterocycles. The molecule has 1 heteroatoms. The fourth-order valence-corrected chi connectivity index (χ4v) is 1.27. The van der Waals surface area contributed by atoms with Crippen LogP contribution in [0, 0.1) is 0 Å². The maximum absolute atomic E-state index is 3.92. The van der Waals surface area contributed by atoms with E-state index < -0.39 is 0 Å². The van der Waals surface area contributed by atoms with Crippen LogP contribution in [0.4, 0.5) is 0 Å². The Morgan fingerprint density at radius 3 is 2.13 bits per heavy atom. The molecule has 0 aromatic heterocycles. The average Bonchev–Trinajstić information content (AvgIpc) is 2.14. The van der Waals surface area contributed by atoms with Gasteiger partial charge in [0.1, 0.15) is 0 Å². The zero-order valence-electron chi connectivity index (χ0n) is 10.2. The van der Waals surface area contributed by atoms with Crippen LogP contribution in [0.5, 0.6) is 0 Å². The van der Waals surface area contributed by atoms with Gasteiger partial charge in [-0.15, -0.1) is 0 Å². The first-order valence-electron chi connectivity index (χ1n) is 5.38. The summed E-state index contributed by atoms with van der Waals surface area (Å²) in [5.41, 5.74) is 3.82. The van der Waals surface area contributed by atoms with Crippen LogP contribution in [0.2, 0.25) is 0 Å². The lowest BCUT2D eigenvalue weighted by molar-refractivity contribution is 0.424. The molecule has 0 radical (unpaired) electrons. The summed E-state index contributed by atoms with van der Waals surface area (Å²) in [6.45, 7) is 13.4. The molecule has 1 aromatic carbocycles. The summed E-state index contributed by atoms with van der Waals surface area (Å²) in [6, 6.07) is 8.57. The molecule has 0 bridgehead atoms. The summed E-state index contributed by atoms with van der Waals surface area (Å²) < 4.78 is 0. The Hall–Kier alpha value is -1.08. The van der Waals surface area contributed by atoms with E-state index in [4.69, 9.17) is 0 Å². The molecule has 1 rings (SSSR count). The van der Waals surface area contributed by atoms with E-state index in [-0.39, 0.29) is 5.54 Å². The average molecular weight is 203 g/mol. The van der Waals surface area contributed by atoms with Crippen molar-refractivity contribution in [1.29, 1.82) is 0 Å². The van der Waals surface area contributed by atoms with Crippen molar-refractivity contribution in [3.63, 3.8) is 0 Å². The summed E-state index contributed by atoms with van der Waals surface area (Å²) in [7, 11) is 0. The van der Waals surface area contributed by atoms with Gasteiger partial charge in [0.05, 0.1) is 0 Å². The quantitative estimate of drug-likeness (QED) is 0.791. The Morgan fingerprint density at radius 2 is 1.73 bits per heavy atom. The number of rotatable bonds is 3. The fourth-order valence-electron chi connectivity index (χ4n) is 1.27. The summed E-state index contributed by atoms with van der Waals surface area (Å²) in [6.07, 6.45) is 0. The molecule has 0 amide bonds.